The fraction of sp³-hybridized carbons (Fsp3) is 1.00. The summed E-state index contributed by atoms with van der Waals surface area (Å²) < 4.78 is 0. The number of nitrogens with one attached hydrogen (secondary N) is 1. The Morgan fingerprint density at radius 3 is 2.30 bits per heavy atom. The Labute approximate surface area is 62.6 Å². The first-order chi connectivity index (χ1) is 4.77. The average Bonchev–Trinajstić information content (AvgIpc) is 2.61. The Kier molecular flexibility index (Phi) is 1.29. The molecule has 1 saturated carbocycles. The van der Waals surface area contributed by atoms with Gasteiger partial charge in [0.15, 0.2) is 0 Å². The number of nitrogens with zero attached hydrogens (tertiary/aromatic N) is 1. The van der Waals surface area contributed by atoms with E-state index in [4.69, 9.17) is 0 Å². The van der Waals surface area contributed by atoms with E-state index in [-0.39, 0.29) is 0 Å². The maximum absolute atomic E-state index is 3.45. The number of hydrogen-bond acceptors (Lipinski definition) is 2. The van der Waals surface area contributed by atoms with Gasteiger partial charge in [0, 0.05) is 24.5 Å². The molecular weight excluding hydrogens is 124 g/mol. The Morgan fingerprint density at radius 2 is 2.00 bits per heavy atom. The van der Waals surface area contributed by atoms with Crippen LogP contribution in [0.3, 0.4) is 0 Å². The zero-order valence-electron chi connectivity index (χ0n) is 6.85. The van der Waals surface area contributed by atoms with E-state index in [0.29, 0.717) is 5.54 Å². The maximum Gasteiger partial charge on any atom is 0.0232 e. The first kappa shape index (κ1) is 6.62. The van der Waals surface area contributed by atoms with Gasteiger partial charge in [-0.05, 0) is 26.9 Å². The lowest BCUT2D eigenvalue weighted by Gasteiger charge is -2.41. The molecule has 58 valence electrons. The van der Waals surface area contributed by atoms with Crippen LogP contribution in [0.15, 0.2) is 0 Å². The lowest BCUT2D eigenvalue weighted by molar-refractivity contribution is 0.0924. The summed E-state index contributed by atoms with van der Waals surface area (Å²) in [6.07, 6.45) is 2.81. The molecule has 0 spiro atoms. The van der Waals surface area contributed by atoms with Crippen LogP contribution in [0, 0.1) is 5.92 Å². The topological polar surface area (TPSA) is 15.3 Å². The first-order valence-electron chi connectivity index (χ1n) is 4.14. The van der Waals surface area contributed by atoms with Gasteiger partial charge in [-0.25, -0.2) is 0 Å². The van der Waals surface area contributed by atoms with Crippen LogP contribution in [-0.4, -0.2) is 37.6 Å². The molecule has 10 heavy (non-hydrogen) atoms. The van der Waals surface area contributed by atoms with Crippen LogP contribution in [-0.2, 0) is 0 Å². The van der Waals surface area contributed by atoms with Gasteiger partial charge >= 0.3 is 0 Å². The van der Waals surface area contributed by atoms with E-state index in [0.717, 1.165) is 5.92 Å². The molecule has 0 aromatic heterocycles. The molecule has 1 saturated heterocycles. The standard InChI is InChI=1S/C8H16N2/c1-9-8(3-4-8)7-5-10(2)6-7/h7,9H,3-6H2,1-2H3. The molecule has 0 atom stereocenters. The van der Waals surface area contributed by atoms with E-state index in [1.54, 1.807) is 0 Å². The van der Waals surface area contributed by atoms with Gasteiger partial charge in [0.1, 0.15) is 0 Å². The van der Waals surface area contributed by atoms with Crippen molar-refractivity contribution in [2.75, 3.05) is 27.2 Å². The minimum Gasteiger partial charge on any atom is -0.314 e. The van der Waals surface area contributed by atoms with Crippen molar-refractivity contribution >= 4 is 0 Å². The van der Waals surface area contributed by atoms with Crippen molar-refractivity contribution in [3.05, 3.63) is 0 Å². The van der Waals surface area contributed by atoms with Crippen LogP contribution in [0.25, 0.3) is 0 Å². The van der Waals surface area contributed by atoms with E-state index >= 15 is 0 Å². The zero-order valence-corrected chi connectivity index (χ0v) is 6.85. The summed E-state index contributed by atoms with van der Waals surface area (Å²) >= 11 is 0. The second kappa shape index (κ2) is 1.95. The SMILES string of the molecule is CNC1(C2CN(C)C2)CC1. The quantitative estimate of drug-likeness (QED) is 0.593. The van der Waals surface area contributed by atoms with Crippen molar-refractivity contribution in [1.29, 1.82) is 0 Å². The van der Waals surface area contributed by atoms with Crippen LogP contribution in [0.5, 0.6) is 0 Å². The largest absolute Gasteiger partial charge is 0.314 e. The summed E-state index contributed by atoms with van der Waals surface area (Å²) in [4.78, 5) is 2.39. The molecule has 1 aliphatic carbocycles. The van der Waals surface area contributed by atoms with Crippen LogP contribution < -0.4 is 5.32 Å². The highest BCUT2D eigenvalue weighted by Gasteiger charge is 2.51. The van der Waals surface area contributed by atoms with Crippen LogP contribution in [0.1, 0.15) is 12.8 Å². The summed E-state index contributed by atoms with van der Waals surface area (Å²) in [5.41, 5.74) is 0.576. The number of hydrogen-bond donors (Lipinski definition) is 1. The summed E-state index contributed by atoms with van der Waals surface area (Å²) in [6, 6.07) is 0. The molecule has 0 radical (unpaired) electrons. The van der Waals surface area contributed by atoms with E-state index < -0.39 is 0 Å². The highest BCUT2D eigenvalue weighted by Crippen LogP contribution is 2.45. The summed E-state index contributed by atoms with van der Waals surface area (Å²) in [7, 11) is 4.30. The van der Waals surface area contributed by atoms with Crippen molar-refractivity contribution in [2.45, 2.75) is 18.4 Å². The van der Waals surface area contributed by atoms with Gasteiger partial charge in [-0.1, -0.05) is 0 Å². The number of likely N-dealkylation sites (tertiary alicyclic amines) is 1. The maximum atomic E-state index is 3.45. The molecule has 0 unspecified atom stereocenters. The van der Waals surface area contributed by atoms with Gasteiger partial charge < -0.3 is 10.2 Å². The van der Waals surface area contributed by atoms with Crippen molar-refractivity contribution in [2.24, 2.45) is 5.92 Å². The Hall–Kier alpha value is -0.0800. The van der Waals surface area contributed by atoms with E-state index in [2.05, 4.69) is 24.3 Å². The molecule has 2 heteroatoms. The van der Waals surface area contributed by atoms with Crippen LogP contribution in [0.4, 0.5) is 0 Å². The van der Waals surface area contributed by atoms with Gasteiger partial charge in [0.05, 0.1) is 0 Å². The molecule has 1 aliphatic heterocycles. The molecule has 2 nitrogen and oxygen atoms in total. The second-order valence-corrected chi connectivity index (χ2v) is 3.82. The molecule has 1 heterocycles. The molecule has 0 aromatic rings. The molecule has 2 rings (SSSR count). The zero-order chi connectivity index (χ0) is 7.19. The number of rotatable bonds is 2. The van der Waals surface area contributed by atoms with Gasteiger partial charge in [0.25, 0.3) is 0 Å². The highest BCUT2D eigenvalue weighted by atomic mass is 15.2. The third kappa shape index (κ3) is 0.789. The average molecular weight is 140 g/mol. The predicted octanol–water partition coefficient (Wildman–Crippen LogP) is 0.300. The third-order valence-electron chi connectivity index (χ3n) is 3.13. The van der Waals surface area contributed by atoms with Crippen LogP contribution in [0.2, 0.25) is 0 Å². The van der Waals surface area contributed by atoms with Gasteiger partial charge in [-0.2, -0.15) is 0 Å². The van der Waals surface area contributed by atoms with Crippen molar-refractivity contribution in [3.63, 3.8) is 0 Å². The lowest BCUT2D eigenvalue weighted by Crippen LogP contribution is -2.54. The van der Waals surface area contributed by atoms with Gasteiger partial charge in [-0.15, -0.1) is 0 Å². The van der Waals surface area contributed by atoms with Crippen molar-refractivity contribution in [3.8, 4) is 0 Å². The van der Waals surface area contributed by atoms with E-state index in [9.17, 15) is 0 Å². The minimum absolute atomic E-state index is 0.576. The summed E-state index contributed by atoms with van der Waals surface area (Å²) in [5.74, 6) is 0.947. The highest BCUT2D eigenvalue weighted by molar-refractivity contribution is 5.10. The van der Waals surface area contributed by atoms with Crippen molar-refractivity contribution < 1.29 is 0 Å². The minimum atomic E-state index is 0.576. The second-order valence-electron chi connectivity index (χ2n) is 3.82. The molecule has 0 aromatic carbocycles. The van der Waals surface area contributed by atoms with Crippen molar-refractivity contribution in [1.82, 2.24) is 10.2 Å². The lowest BCUT2D eigenvalue weighted by atomic mass is 9.90. The molecule has 2 aliphatic rings. The Bertz CT molecular complexity index is 134. The molecule has 0 bridgehead atoms. The van der Waals surface area contributed by atoms with Crippen LogP contribution >= 0.6 is 0 Å². The molecule has 2 fully saturated rings. The Balaban J connectivity index is 1.89. The third-order valence-corrected chi connectivity index (χ3v) is 3.13. The molecule has 1 N–H and O–H groups in total. The molecule has 0 amide bonds. The van der Waals surface area contributed by atoms with E-state index in [1.165, 1.54) is 25.9 Å². The fourth-order valence-electron chi connectivity index (χ4n) is 2.05. The monoisotopic (exact) mass is 140 g/mol. The molecular formula is C8H16N2. The normalized spacial score (nSPS) is 31.8. The smallest absolute Gasteiger partial charge is 0.0232 e. The van der Waals surface area contributed by atoms with Gasteiger partial charge in [0.2, 0.25) is 0 Å². The first-order valence-corrected chi connectivity index (χ1v) is 4.14. The van der Waals surface area contributed by atoms with Gasteiger partial charge in [-0.3, -0.25) is 0 Å². The Morgan fingerprint density at radius 1 is 1.40 bits per heavy atom. The summed E-state index contributed by atoms with van der Waals surface area (Å²) in [5, 5.41) is 3.45. The fourth-order valence-corrected chi connectivity index (χ4v) is 2.05. The summed E-state index contributed by atoms with van der Waals surface area (Å²) in [6.45, 7) is 2.61. The predicted molar refractivity (Wildman–Crippen MR) is 42.0 cm³/mol. The van der Waals surface area contributed by atoms with E-state index in [1.807, 2.05) is 0 Å².